The maximum atomic E-state index is 12.7. The van der Waals surface area contributed by atoms with Crippen molar-refractivity contribution in [1.29, 1.82) is 0 Å². The summed E-state index contributed by atoms with van der Waals surface area (Å²) < 4.78 is 26.9. The summed E-state index contributed by atoms with van der Waals surface area (Å²) in [5.74, 6) is -0.0450. The first kappa shape index (κ1) is 21.8. The molecule has 1 unspecified atom stereocenters. The number of aryl methyl sites for hydroxylation is 1. The number of benzene rings is 1. The number of sulfonamides is 1. The lowest BCUT2D eigenvalue weighted by Gasteiger charge is -2.33. The lowest BCUT2D eigenvalue weighted by atomic mass is 10.1. The van der Waals surface area contributed by atoms with Crippen molar-refractivity contribution in [2.24, 2.45) is 5.73 Å². The summed E-state index contributed by atoms with van der Waals surface area (Å²) in [5, 5.41) is 2.98. The Balaban J connectivity index is 1.84. The SMILES string of the molecule is CCCCC(CN)NC(=O)CN1CCN(S(=O)(=O)c2ccc(C)cc2)CC1. The molecule has 27 heavy (non-hydrogen) atoms. The van der Waals surface area contributed by atoms with Crippen molar-refractivity contribution in [2.75, 3.05) is 39.3 Å². The predicted octanol–water partition coefficient (Wildman–Crippen LogP) is 0.935. The zero-order chi connectivity index (χ0) is 19.9. The average molecular weight is 397 g/mol. The molecule has 0 spiro atoms. The maximum absolute atomic E-state index is 12.7. The minimum Gasteiger partial charge on any atom is -0.351 e. The molecule has 1 atom stereocenters. The Morgan fingerprint density at radius 3 is 2.37 bits per heavy atom. The third-order valence-corrected chi connectivity index (χ3v) is 6.83. The van der Waals surface area contributed by atoms with Crippen LogP contribution in [0.2, 0.25) is 0 Å². The molecule has 3 N–H and O–H groups in total. The number of carbonyl (C=O) groups excluding carboxylic acids is 1. The molecule has 1 aliphatic rings. The average Bonchev–Trinajstić information content (AvgIpc) is 2.66. The van der Waals surface area contributed by atoms with Crippen LogP contribution in [0.5, 0.6) is 0 Å². The van der Waals surface area contributed by atoms with Gasteiger partial charge in [-0.25, -0.2) is 8.42 Å². The highest BCUT2D eigenvalue weighted by Crippen LogP contribution is 2.18. The van der Waals surface area contributed by atoms with Gasteiger partial charge in [-0.15, -0.1) is 0 Å². The standard InChI is InChI=1S/C19H32N4O3S/c1-3-4-5-17(14-20)21-19(24)15-22-10-12-23(13-11-22)27(25,26)18-8-6-16(2)7-9-18/h6-9,17H,3-5,10-15,20H2,1-2H3,(H,21,24). The molecule has 7 nitrogen and oxygen atoms in total. The van der Waals surface area contributed by atoms with Crippen molar-refractivity contribution in [2.45, 2.75) is 44.0 Å². The summed E-state index contributed by atoms with van der Waals surface area (Å²) in [4.78, 5) is 14.5. The number of nitrogens with two attached hydrogens (primary N) is 1. The quantitative estimate of drug-likeness (QED) is 0.648. The summed E-state index contributed by atoms with van der Waals surface area (Å²) in [6.07, 6.45) is 3.00. The van der Waals surface area contributed by atoms with Gasteiger partial charge in [-0.05, 0) is 25.5 Å². The third kappa shape index (κ3) is 6.27. The fraction of sp³-hybridized carbons (Fsp3) is 0.632. The Labute approximate surface area is 163 Å². The molecule has 1 aliphatic heterocycles. The number of piperazine rings is 1. The Kier molecular flexibility index (Phi) is 8.22. The molecule has 152 valence electrons. The summed E-state index contributed by atoms with van der Waals surface area (Å²) in [6.45, 7) is 6.62. The molecule has 2 rings (SSSR count). The molecule has 8 heteroatoms. The van der Waals surface area contributed by atoms with Gasteiger partial charge in [0, 0.05) is 38.8 Å². The minimum atomic E-state index is -3.47. The molecule has 0 saturated carbocycles. The van der Waals surface area contributed by atoms with Gasteiger partial charge >= 0.3 is 0 Å². The van der Waals surface area contributed by atoms with Gasteiger partial charge in [0.2, 0.25) is 15.9 Å². The first-order valence-electron chi connectivity index (χ1n) is 9.65. The molecule has 0 bridgehead atoms. The number of nitrogens with one attached hydrogen (secondary N) is 1. The number of unbranched alkanes of at least 4 members (excludes halogenated alkanes) is 1. The van der Waals surface area contributed by atoms with Crippen molar-refractivity contribution in [3.8, 4) is 0 Å². The van der Waals surface area contributed by atoms with Gasteiger partial charge < -0.3 is 11.1 Å². The number of carbonyl (C=O) groups is 1. The maximum Gasteiger partial charge on any atom is 0.243 e. The Hall–Kier alpha value is -1.48. The molecular weight excluding hydrogens is 364 g/mol. The Bertz CT molecular complexity index is 698. The number of amides is 1. The first-order chi connectivity index (χ1) is 12.9. The zero-order valence-electron chi connectivity index (χ0n) is 16.4. The van der Waals surface area contributed by atoms with E-state index in [1.807, 2.05) is 11.8 Å². The van der Waals surface area contributed by atoms with E-state index in [0.717, 1.165) is 24.8 Å². The van der Waals surface area contributed by atoms with Crippen LogP contribution in [0.1, 0.15) is 31.7 Å². The van der Waals surface area contributed by atoms with E-state index in [1.165, 1.54) is 4.31 Å². The smallest absolute Gasteiger partial charge is 0.243 e. The number of rotatable bonds is 9. The second-order valence-corrected chi connectivity index (χ2v) is 9.07. The van der Waals surface area contributed by atoms with Gasteiger partial charge in [-0.2, -0.15) is 4.31 Å². The van der Waals surface area contributed by atoms with Crippen LogP contribution in [0.3, 0.4) is 0 Å². The first-order valence-corrected chi connectivity index (χ1v) is 11.1. The third-order valence-electron chi connectivity index (χ3n) is 4.91. The van der Waals surface area contributed by atoms with Crippen molar-refractivity contribution >= 4 is 15.9 Å². The monoisotopic (exact) mass is 396 g/mol. The van der Waals surface area contributed by atoms with Gasteiger partial charge in [-0.1, -0.05) is 37.5 Å². The van der Waals surface area contributed by atoms with E-state index in [-0.39, 0.29) is 18.5 Å². The van der Waals surface area contributed by atoms with Crippen LogP contribution in [-0.2, 0) is 14.8 Å². The van der Waals surface area contributed by atoms with Gasteiger partial charge in [0.15, 0.2) is 0 Å². The fourth-order valence-electron chi connectivity index (χ4n) is 3.16. The normalized spacial score (nSPS) is 17.6. The molecule has 1 amide bonds. The molecule has 0 aromatic heterocycles. The highest BCUT2D eigenvalue weighted by atomic mass is 32.2. The van der Waals surface area contributed by atoms with Crippen molar-refractivity contribution in [3.63, 3.8) is 0 Å². The van der Waals surface area contributed by atoms with E-state index in [4.69, 9.17) is 5.73 Å². The Morgan fingerprint density at radius 1 is 1.19 bits per heavy atom. The topological polar surface area (TPSA) is 95.7 Å². The van der Waals surface area contributed by atoms with Gasteiger partial charge in [-0.3, -0.25) is 9.69 Å². The van der Waals surface area contributed by atoms with E-state index in [2.05, 4.69) is 12.2 Å². The molecule has 1 heterocycles. The summed E-state index contributed by atoms with van der Waals surface area (Å²) in [7, 11) is -3.47. The molecule has 0 aliphatic carbocycles. The van der Waals surface area contributed by atoms with Crippen LogP contribution < -0.4 is 11.1 Å². The van der Waals surface area contributed by atoms with Crippen LogP contribution in [0, 0.1) is 6.92 Å². The zero-order valence-corrected chi connectivity index (χ0v) is 17.2. The fourth-order valence-corrected chi connectivity index (χ4v) is 4.59. The van der Waals surface area contributed by atoms with E-state index in [0.29, 0.717) is 37.6 Å². The van der Waals surface area contributed by atoms with Crippen LogP contribution in [0.25, 0.3) is 0 Å². The lowest BCUT2D eigenvalue weighted by molar-refractivity contribution is -0.123. The second-order valence-electron chi connectivity index (χ2n) is 7.14. The molecule has 1 saturated heterocycles. The number of hydrogen-bond donors (Lipinski definition) is 2. The Morgan fingerprint density at radius 2 is 1.81 bits per heavy atom. The highest BCUT2D eigenvalue weighted by molar-refractivity contribution is 7.89. The second kappa shape index (κ2) is 10.2. The van der Waals surface area contributed by atoms with Crippen molar-refractivity contribution < 1.29 is 13.2 Å². The molecule has 1 aromatic rings. The van der Waals surface area contributed by atoms with Gasteiger partial charge in [0.05, 0.1) is 11.4 Å². The number of nitrogens with zero attached hydrogens (tertiary/aromatic N) is 2. The molecule has 1 aromatic carbocycles. The molecular formula is C19H32N4O3S. The van der Waals surface area contributed by atoms with Crippen LogP contribution in [0.4, 0.5) is 0 Å². The van der Waals surface area contributed by atoms with E-state index in [9.17, 15) is 13.2 Å². The minimum absolute atomic E-state index is 0.0145. The molecule has 0 radical (unpaired) electrons. The highest BCUT2D eigenvalue weighted by Gasteiger charge is 2.29. The van der Waals surface area contributed by atoms with Crippen LogP contribution >= 0.6 is 0 Å². The summed E-state index contributed by atoms with van der Waals surface area (Å²) in [5.41, 5.74) is 6.75. The van der Waals surface area contributed by atoms with Crippen molar-refractivity contribution in [3.05, 3.63) is 29.8 Å². The summed E-state index contributed by atoms with van der Waals surface area (Å²) in [6, 6.07) is 6.92. The van der Waals surface area contributed by atoms with Gasteiger partial charge in [0.25, 0.3) is 0 Å². The van der Waals surface area contributed by atoms with E-state index >= 15 is 0 Å². The summed E-state index contributed by atoms with van der Waals surface area (Å²) >= 11 is 0. The largest absolute Gasteiger partial charge is 0.351 e. The predicted molar refractivity (Wildman–Crippen MR) is 107 cm³/mol. The van der Waals surface area contributed by atoms with Gasteiger partial charge in [0.1, 0.15) is 0 Å². The van der Waals surface area contributed by atoms with E-state index < -0.39 is 10.0 Å². The van der Waals surface area contributed by atoms with Crippen molar-refractivity contribution in [1.82, 2.24) is 14.5 Å². The molecule has 1 fully saturated rings. The van der Waals surface area contributed by atoms with Crippen LogP contribution in [0.15, 0.2) is 29.2 Å². The van der Waals surface area contributed by atoms with Crippen LogP contribution in [-0.4, -0.2) is 68.8 Å². The number of hydrogen-bond acceptors (Lipinski definition) is 5. The van der Waals surface area contributed by atoms with E-state index in [1.54, 1.807) is 24.3 Å². The lowest BCUT2D eigenvalue weighted by Crippen LogP contribution is -2.52.